The van der Waals surface area contributed by atoms with Gasteiger partial charge in [-0.2, -0.15) is 0 Å². The highest BCUT2D eigenvalue weighted by molar-refractivity contribution is 6.15. The van der Waals surface area contributed by atoms with E-state index in [1.165, 1.54) is 60.1 Å². The molecule has 0 fully saturated rings. The van der Waals surface area contributed by atoms with Crippen LogP contribution in [0.15, 0.2) is 328 Å². The molecule has 1 aliphatic heterocycles. The highest BCUT2D eigenvalue weighted by Gasteiger charge is 2.46. The Balaban J connectivity index is 1.04. The van der Waals surface area contributed by atoms with E-state index in [1.807, 2.05) is 0 Å². The van der Waals surface area contributed by atoms with Gasteiger partial charge in [-0.3, -0.25) is 0 Å². The van der Waals surface area contributed by atoms with Crippen LogP contribution in [0.2, 0.25) is 0 Å². The Kier molecular flexibility index (Phi) is 11.4. The van der Waals surface area contributed by atoms with Crippen LogP contribution < -0.4 is 14.7 Å². The van der Waals surface area contributed by atoms with Gasteiger partial charge in [0.15, 0.2) is 0 Å². The molecule has 0 saturated heterocycles. The van der Waals surface area contributed by atoms with Gasteiger partial charge in [0.25, 0.3) is 0 Å². The number of aromatic nitrogens is 1. The lowest BCUT2D eigenvalue weighted by molar-refractivity contribution is 0.727. The van der Waals surface area contributed by atoms with E-state index in [9.17, 15) is 0 Å². The molecule has 1 aromatic heterocycles. The fraction of sp³-hybridized carbons (Fsp3) is 0.0127. The molecule has 14 aromatic carbocycles. The van der Waals surface area contributed by atoms with E-state index >= 15 is 0 Å². The minimum atomic E-state index is -0.839. The summed E-state index contributed by atoms with van der Waals surface area (Å²) in [5.41, 5.74) is 17.0. The average molecular weight is 1060 g/mol. The van der Waals surface area contributed by atoms with Crippen LogP contribution in [-0.2, 0) is 5.41 Å². The summed E-state index contributed by atoms with van der Waals surface area (Å²) in [6.07, 6.45) is 0. The predicted molar refractivity (Wildman–Crippen MR) is 349 cm³/mol. The van der Waals surface area contributed by atoms with Crippen LogP contribution in [0.5, 0.6) is 0 Å². The van der Waals surface area contributed by atoms with Crippen molar-refractivity contribution >= 4 is 105 Å². The highest BCUT2D eigenvalue weighted by atomic mass is 15.2. The Bertz CT molecular complexity index is 4880. The second-order valence-electron chi connectivity index (χ2n) is 21.7. The van der Waals surface area contributed by atoms with Crippen LogP contribution in [0, 0.1) is 0 Å². The fourth-order valence-corrected chi connectivity index (χ4v) is 13.4. The number of fused-ring (bicyclic) bond motifs is 8. The maximum atomic E-state index is 2.57. The first-order valence-electron chi connectivity index (χ1n) is 28.6. The van der Waals surface area contributed by atoms with Gasteiger partial charge in [0.05, 0.1) is 22.1 Å². The van der Waals surface area contributed by atoms with Gasteiger partial charge in [0, 0.05) is 62.0 Å². The maximum Gasteiger partial charge on any atom is 0.0744 e. The molecule has 0 N–H and O–H groups in total. The van der Waals surface area contributed by atoms with E-state index in [0.717, 1.165) is 73.2 Å². The number of anilines is 9. The number of benzene rings is 14. The van der Waals surface area contributed by atoms with Crippen LogP contribution in [0.4, 0.5) is 51.2 Å². The van der Waals surface area contributed by atoms with Crippen molar-refractivity contribution < 1.29 is 0 Å². The van der Waals surface area contributed by atoms with E-state index in [0.29, 0.717) is 0 Å². The molecule has 2 heterocycles. The quantitative estimate of drug-likeness (QED) is 0.128. The third-order valence-corrected chi connectivity index (χ3v) is 17.1. The number of hydrogen-bond acceptors (Lipinski definition) is 3. The molecule has 15 aromatic rings. The summed E-state index contributed by atoms with van der Waals surface area (Å²) < 4.78 is 2.57. The van der Waals surface area contributed by atoms with E-state index in [-0.39, 0.29) is 0 Å². The largest absolute Gasteiger partial charge is 0.310 e. The van der Waals surface area contributed by atoms with E-state index < -0.39 is 5.41 Å². The van der Waals surface area contributed by atoms with Gasteiger partial charge in [0.1, 0.15) is 0 Å². The Morgan fingerprint density at radius 1 is 0.229 bits per heavy atom. The molecule has 390 valence electrons. The van der Waals surface area contributed by atoms with E-state index in [2.05, 4.69) is 347 Å². The van der Waals surface area contributed by atoms with Crippen LogP contribution in [-0.4, -0.2) is 4.57 Å². The van der Waals surface area contributed by atoms with Crippen molar-refractivity contribution in [2.45, 2.75) is 5.41 Å². The van der Waals surface area contributed by atoms with Crippen LogP contribution >= 0.6 is 0 Å². The first kappa shape index (κ1) is 48.0. The fourth-order valence-electron chi connectivity index (χ4n) is 13.4. The average Bonchev–Trinajstić information content (AvgIpc) is 2.84. The van der Waals surface area contributed by atoms with Crippen molar-refractivity contribution in [3.05, 3.63) is 350 Å². The summed E-state index contributed by atoms with van der Waals surface area (Å²) in [5.74, 6) is 0. The van der Waals surface area contributed by atoms with Crippen molar-refractivity contribution in [1.82, 2.24) is 4.57 Å². The SMILES string of the molecule is c1ccc(N(c2ccc3c(c2)C(c2ccccc2)(c2ccccc2)c2cc(N(c4ccccc4)c4ccc5ccccc5c4)cc4c5cc(N(c6ccccc6)c6ccc7ccccc7c6)ccc5n-3c24)c2ccc3ccccc3c2)cc1. The van der Waals surface area contributed by atoms with Gasteiger partial charge in [-0.05, 0) is 176 Å². The minimum absolute atomic E-state index is 0.839. The molecule has 16 rings (SSSR count). The monoisotopic (exact) mass is 1060 g/mol. The summed E-state index contributed by atoms with van der Waals surface area (Å²) in [7, 11) is 0. The molecular weight excluding hydrogens is 1000 g/mol. The summed E-state index contributed by atoms with van der Waals surface area (Å²) in [4.78, 5) is 7.30. The Labute approximate surface area is 482 Å². The zero-order valence-corrected chi connectivity index (χ0v) is 45.5. The zero-order chi connectivity index (χ0) is 54.8. The van der Waals surface area contributed by atoms with Crippen LogP contribution in [0.1, 0.15) is 22.3 Å². The van der Waals surface area contributed by atoms with Gasteiger partial charge in [-0.15, -0.1) is 0 Å². The Hall–Kier alpha value is -10.9. The van der Waals surface area contributed by atoms with Crippen LogP contribution in [0.25, 0.3) is 59.8 Å². The van der Waals surface area contributed by atoms with Crippen LogP contribution in [0.3, 0.4) is 0 Å². The number of para-hydroxylation sites is 3. The molecule has 0 spiro atoms. The highest BCUT2D eigenvalue weighted by Crippen LogP contribution is 2.58. The lowest BCUT2D eigenvalue weighted by Crippen LogP contribution is -2.36. The van der Waals surface area contributed by atoms with Crippen molar-refractivity contribution in [2.24, 2.45) is 0 Å². The molecule has 0 radical (unpaired) electrons. The number of rotatable bonds is 11. The number of hydrogen-bond donors (Lipinski definition) is 0. The van der Waals surface area contributed by atoms with Gasteiger partial charge in [-0.1, -0.05) is 206 Å². The van der Waals surface area contributed by atoms with Crippen molar-refractivity contribution in [3.8, 4) is 5.69 Å². The summed E-state index contributed by atoms with van der Waals surface area (Å²) in [5, 5.41) is 9.50. The second kappa shape index (κ2) is 19.7. The molecule has 4 heteroatoms. The first-order valence-corrected chi connectivity index (χ1v) is 28.6. The van der Waals surface area contributed by atoms with E-state index in [1.54, 1.807) is 0 Å². The molecule has 0 bridgehead atoms. The van der Waals surface area contributed by atoms with Gasteiger partial charge in [0.2, 0.25) is 0 Å². The first-order chi connectivity index (χ1) is 41.2. The third kappa shape index (κ3) is 7.90. The zero-order valence-electron chi connectivity index (χ0n) is 45.5. The molecular formula is C79H54N4. The van der Waals surface area contributed by atoms with Gasteiger partial charge < -0.3 is 19.3 Å². The predicted octanol–water partition coefficient (Wildman–Crippen LogP) is 21.3. The lowest BCUT2D eigenvalue weighted by atomic mass is 9.63. The van der Waals surface area contributed by atoms with Crippen molar-refractivity contribution in [3.63, 3.8) is 0 Å². The topological polar surface area (TPSA) is 14.7 Å². The van der Waals surface area contributed by atoms with Gasteiger partial charge >= 0.3 is 0 Å². The Morgan fingerprint density at radius 3 is 1.02 bits per heavy atom. The normalized spacial score (nSPS) is 12.4. The molecule has 1 aliphatic rings. The maximum absolute atomic E-state index is 2.57. The van der Waals surface area contributed by atoms with E-state index in [4.69, 9.17) is 0 Å². The number of nitrogens with zero attached hydrogens (tertiary/aromatic N) is 4. The Morgan fingerprint density at radius 2 is 0.566 bits per heavy atom. The molecule has 0 aliphatic carbocycles. The van der Waals surface area contributed by atoms with Gasteiger partial charge in [-0.25, -0.2) is 0 Å². The summed E-state index contributed by atoms with van der Waals surface area (Å²) in [6.45, 7) is 0. The standard InChI is InChI=1S/C79H54N4/c1-6-28-61(29-7-1)79(62-30-8-2-9-31-62)74-53-70(81(64-34-12-4-13-35-64)67-42-39-56-23-17-20-26-59(56)49-67)45-47-77(74)83-76-46-44-69(80(63-32-10-3-11-33-63)66-41-38-55-22-16-19-25-58(55)48-66)51-72(76)73-52-71(54-75(79)78(73)83)82(65-36-14-5-15-37-65)68-43-40-57-24-18-21-27-60(57)50-68/h1-54H. The lowest BCUT2D eigenvalue weighted by Gasteiger charge is -2.43. The summed E-state index contributed by atoms with van der Waals surface area (Å²) >= 11 is 0. The third-order valence-electron chi connectivity index (χ3n) is 17.1. The summed E-state index contributed by atoms with van der Waals surface area (Å²) in [6, 6.07) is 121. The second-order valence-corrected chi connectivity index (χ2v) is 21.7. The molecule has 0 atom stereocenters. The molecule has 0 saturated carbocycles. The van der Waals surface area contributed by atoms with Crippen molar-refractivity contribution in [2.75, 3.05) is 14.7 Å². The molecule has 4 nitrogen and oxygen atoms in total. The minimum Gasteiger partial charge on any atom is -0.310 e. The molecule has 0 amide bonds. The molecule has 83 heavy (non-hydrogen) atoms. The molecule has 0 unspecified atom stereocenters. The smallest absolute Gasteiger partial charge is 0.0744 e. The van der Waals surface area contributed by atoms with Crippen molar-refractivity contribution in [1.29, 1.82) is 0 Å².